The molecule has 1 amide bonds. The Morgan fingerprint density at radius 2 is 1.89 bits per heavy atom. The Balaban J connectivity index is 0.00000433. The molecule has 47 heavy (non-hydrogen) atoms. The predicted octanol–water partition coefficient (Wildman–Crippen LogP) is 1.05. The first-order chi connectivity index (χ1) is 22.0. The van der Waals surface area contributed by atoms with E-state index in [-0.39, 0.29) is 50.2 Å². The van der Waals surface area contributed by atoms with E-state index in [0.29, 0.717) is 36.3 Å². The van der Waals surface area contributed by atoms with Gasteiger partial charge in [-0.05, 0) is 38.1 Å². The van der Waals surface area contributed by atoms with Crippen LogP contribution in [0.25, 0.3) is 0 Å². The Labute approximate surface area is 276 Å². The number of carboxylic acids is 1. The van der Waals surface area contributed by atoms with Crippen molar-refractivity contribution in [1.82, 2.24) is 10.2 Å². The molecule has 2 aromatic rings. The maximum atomic E-state index is 13.8. The Morgan fingerprint density at radius 3 is 2.60 bits per heavy atom. The molecule has 2 aliphatic heterocycles. The summed E-state index contributed by atoms with van der Waals surface area (Å²) >= 11 is 0. The Hall–Kier alpha value is -4.01. The van der Waals surface area contributed by atoms with Gasteiger partial charge in [-0.2, -0.15) is 0 Å². The quantitative estimate of drug-likeness (QED) is 0.214. The number of carbonyl (C=O) groups excluding carboxylic acids is 3. The molecule has 0 radical (unpaired) electrons. The lowest BCUT2D eigenvalue weighted by molar-refractivity contribution is -0.176. The summed E-state index contributed by atoms with van der Waals surface area (Å²) < 4.78 is 18.0. The molecular formula is C33H37ClN2O11. The van der Waals surface area contributed by atoms with E-state index in [1.165, 1.54) is 0 Å². The van der Waals surface area contributed by atoms with Crippen molar-refractivity contribution in [3.05, 3.63) is 76.6 Å². The number of aliphatic hydroxyl groups excluding tert-OH is 2. The van der Waals surface area contributed by atoms with Crippen LogP contribution in [0.4, 0.5) is 0 Å². The van der Waals surface area contributed by atoms with Crippen molar-refractivity contribution < 1.29 is 53.8 Å². The van der Waals surface area contributed by atoms with Crippen LogP contribution in [0.3, 0.4) is 0 Å². The minimum atomic E-state index is -1.87. The lowest BCUT2D eigenvalue weighted by atomic mass is 9.50. The maximum Gasteiger partial charge on any atom is 0.357 e. The first-order valence-electron chi connectivity index (χ1n) is 15.2. The molecule has 0 unspecified atom stereocenters. The second-order valence-electron chi connectivity index (χ2n) is 12.3. The molecule has 1 saturated heterocycles. The van der Waals surface area contributed by atoms with E-state index < -0.39 is 59.6 Å². The lowest BCUT2D eigenvalue weighted by Crippen LogP contribution is -2.74. The van der Waals surface area contributed by atoms with Crippen molar-refractivity contribution in [2.75, 3.05) is 20.1 Å². The third-order valence-corrected chi connectivity index (χ3v) is 9.73. The predicted molar refractivity (Wildman–Crippen MR) is 165 cm³/mol. The van der Waals surface area contributed by atoms with E-state index in [0.717, 1.165) is 11.1 Å². The number of likely N-dealkylation sites (N-methyl/N-ethyl adjacent to an activating group) is 1. The van der Waals surface area contributed by atoms with E-state index in [1.807, 2.05) is 19.2 Å². The van der Waals surface area contributed by atoms with Crippen LogP contribution in [0.2, 0.25) is 0 Å². The van der Waals surface area contributed by atoms with Gasteiger partial charge in [0.25, 0.3) is 0 Å². The number of carbonyl (C=O) groups is 4. The van der Waals surface area contributed by atoms with Crippen molar-refractivity contribution >= 4 is 36.2 Å². The number of amides is 1. The number of aliphatic hydroxyl groups is 3. The summed E-state index contributed by atoms with van der Waals surface area (Å²) in [4.78, 5) is 51.4. The summed E-state index contributed by atoms with van der Waals surface area (Å²) in [5.41, 5.74) is 0.647. The molecule has 4 aliphatic rings. The number of nitrogens with one attached hydrogen (secondary N) is 1. The molecule has 2 aromatic carbocycles. The van der Waals surface area contributed by atoms with Gasteiger partial charge in [-0.15, -0.1) is 12.4 Å². The third kappa shape index (κ3) is 5.76. The van der Waals surface area contributed by atoms with E-state index in [2.05, 4.69) is 10.2 Å². The molecule has 1 fully saturated rings. The first-order valence-corrected chi connectivity index (χ1v) is 15.2. The van der Waals surface area contributed by atoms with Crippen LogP contribution < -0.4 is 10.1 Å². The Kier molecular flexibility index (Phi) is 9.67. The van der Waals surface area contributed by atoms with Gasteiger partial charge in [-0.25, -0.2) is 9.59 Å². The zero-order chi connectivity index (χ0) is 32.8. The number of hydrogen-bond acceptors (Lipinski definition) is 11. The highest BCUT2D eigenvalue weighted by atomic mass is 35.5. The fraction of sp³-hybridized carbons (Fsp3) is 0.455. The van der Waals surface area contributed by atoms with Crippen LogP contribution in [-0.2, 0) is 47.1 Å². The fourth-order valence-electron chi connectivity index (χ4n) is 7.51. The summed E-state index contributed by atoms with van der Waals surface area (Å²) in [5.74, 6) is -3.34. The molecule has 13 nitrogen and oxygen atoms in total. The second kappa shape index (κ2) is 13.2. The minimum Gasteiger partial charge on any atom is -0.481 e. The van der Waals surface area contributed by atoms with Gasteiger partial charge in [0, 0.05) is 35.7 Å². The zero-order valence-electron chi connectivity index (χ0n) is 25.6. The van der Waals surface area contributed by atoms with E-state index in [4.69, 9.17) is 19.3 Å². The zero-order valence-corrected chi connectivity index (χ0v) is 26.4. The van der Waals surface area contributed by atoms with Crippen molar-refractivity contribution in [1.29, 1.82) is 0 Å². The summed E-state index contributed by atoms with van der Waals surface area (Å²) in [5, 5.41) is 43.0. The second-order valence-corrected chi connectivity index (χ2v) is 12.3. The van der Waals surface area contributed by atoms with Crippen LogP contribution in [-0.4, -0.2) is 93.1 Å². The average Bonchev–Trinajstić information content (AvgIpc) is 3.39. The number of esters is 2. The molecule has 0 saturated carbocycles. The highest BCUT2D eigenvalue weighted by Gasteiger charge is 2.72. The highest BCUT2D eigenvalue weighted by Crippen LogP contribution is 2.64. The van der Waals surface area contributed by atoms with Gasteiger partial charge in [0.15, 0.2) is 12.2 Å². The maximum absolute atomic E-state index is 13.8. The van der Waals surface area contributed by atoms with E-state index in [1.54, 1.807) is 36.4 Å². The number of aliphatic carboxylic acids is 1. The average molecular weight is 673 g/mol. The number of nitrogens with zero attached hydrogens (tertiary/aromatic N) is 1. The van der Waals surface area contributed by atoms with Gasteiger partial charge in [0.05, 0.1) is 30.5 Å². The number of rotatable bonds is 11. The van der Waals surface area contributed by atoms with Crippen LogP contribution in [0.15, 0.2) is 54.3 Å². The Morgan fingerprint density at radius 1 is 1.15 bits per heavy atom. The van der Waals surface area contributed by atoms with Crippen molar-refractivity contribution in [2.45, 2.75) is 74.1 Å². The number of halogens is 1. The number of carboxylic acid groups (broad SMARTS) is 1. The lowest BCUT2D eigenvalue weighted by Gasteiger charge is -2.61. The van der Waals surface area contributed by atoms with Gasteiger partial charge < -0.3 is 44.9 Å². The largest absolute Gasteiger partial charge is 0.481 e. The summed E-state index contributed by atoms with van der Waals surface area (Å²) in [6.07, 6.45) is -2.25. The smallest absolute Gasteiger partial charge is 0.357 e. The molecular weight excluding hydrogens is 636 g/mol. The molecule has 2 heterocycles. The molecule has 6 rings (SSSR count). The van der Waals surface area contributed by atoms with Gasteiger partial charge >= 0.3 is 17.9 Å². The summed E-state index contributed by atoms with van der Waals surface area (Å²) in [6, 6.07) is 11.9. The molecule has 2 bridgehead atoms. The van der Waals surface area contributed by atoms with Crippen molar-refractivity contribution in [3.63, 3.8) is 0 Å². The van der Waals surface area contributed by atoms with Crippen LogP contribution in [0.1, 0.15) is 54.0 Å². The SMILES string of the molecule is CN1CC[C@]23c4c5ccc(CO)c4O[C@H]2C(OC(=O)[C@H](OC(=O)CCNC(=O)C[C@H](O)C(=O)O)c2ccccc2)=CC[C@@]3(O)[C@H]1C5.Cl. The van der Waals surface area contributed by atoms with Crippen LogP contribution >= 0.6 is 12.4 Å². The number of hydrogen-bond donors (Lipinski definition) is 5. The molecule has 2 aliphatic carbocycles. The number of ether oxygens (including phenoxy) is 3. The number of benzene rings is 2. The highest BCUT2D eigenvalue weighted by molar-refractivity contribution is 5.85. The minimum absolute atomic E-state index is 0. The fourth-order valence-corrected chi connectivity index (χ4v) is 7.51. The summed E-state index contributed by atoms with van der Waals surface area (Å²) in [7, 11) is 1.98. The molecule has 1 spiro atoms. The van der Waals surface area contributed by atoms with Gasteiger partial charge in [0.2, 0.25) is 12.0 Å². The number of piperidine rings is 1. The van der Waals surface area contributed by atoms with Crippen LogP contribution in [0.5, 0.6) is 5.75 Å². The molecule has 5 N–H and O–H groups in total. The number of likely N-dealkylation sites (tertiary alicyclic amines) is 1. The van der Waals surface area contributed by atoms with Crippen molar-refractivity contribution in [2.24, 2.45) is 0 Å². The van der Waals surface area contributed by atoms with Crippen LogP contribution in [0, 0.1) is 0 Å². The van der Waals surface area contributed by atoms with Gasteiger partial charge in [-0.3, -0.25) is 9.59 Å². The topological polar surface area (TPSA) is 192 Å². The monoisotopic (exact) mass is 672 g/mol. The van der Waals surface area contributed by atoms with Gasteiger partial charge in [-0.1, -0.05) is 42.5 Å². The normalized spacial score (nSPS) is 26.3. The third-order valence-electron chi connectivity index (χ3n) is 9.73. The van der Waals surface area contributed by atoms with E-state index >= 15 is 0 Å². The van der Waals surface area contributed by atoms with Crippen molar-refractivity contribution in [3.8, 4) is 5.75 Å². The standard InChI is InChI=1S/C33H36N2O11.ClH/c1-35-14-12-32-26-19-7-8-20(17-36)27(26)46-29(32)22(9-11-33(32,43)23(35)15-19)44-31(42)28(18-5-3-2-4-6-18)45-25(39)10-13-34-24(38)16-21(37)30(40)41;/h2-9,21,23,28-29,36-37,43H,10-17H2,1H3,(H,34,38)(H,40,41);1H/t21-,23+,28+,29-,32-,33+;/m0./s1. The molecule has 0 aromatic heterocycles. The summed E-state index contributed by atoms with van der Waals surface area (Å²) in [6.45, 7) is 0.192. The molecule has 252 valence electrons. The Bertz CT molecular complexity index is 1600. The first kappa shape index (κ1) is 34.3. The van der Waals surface area contributed by atoms with E-state index in [9.17, 15) is 34.5 Å². The molecule has 6 atom stereocenters. The van der Waals surface area contributed by atoms with Gasteiger partial charge in [0.1, 0.15) is 11.5 Å². The molecule has 14 heteroatoms.